The first-order valence-corrected chi connectivity index (χ1v) is 8.63. The molecule has 6 nitrogen and oxygen atoms in total. The number of methoxy groups -OCH3 is 1. The summed E-state index contributed by atoms with van der Waals surface area (Å²) in [6.07, 6.45) is -0.121. The number of carbonyl (C=O) groups excluding carboxylic acids is 1. The van der Waals surface area contributed by atoms with Gasteiger partial charge >= 0.3 is 5.97 Å². The van der Waals surface area contributed by atoms with Crippen LogP contribution in [0.25, 0.3) is 16.6 Å². The van der Waals surface area contributed by atoms with E-state index < -0.39 is 0 Å². The fourth-order valence-corrected chi connectivity index (χ4v) is 3.26. The Labute approximate surface area is 144 Å². The summed E-state index contributed by atoms with van der Waals surface area (Å²) in [6.45, 7) is 5.66. The van der Waals surface area contributed by atoms with Gasteiger partial charge in [-0.2, -0.15) is 0 Å². The maximum absolute atomic E-state index is 11.8. The van der Waals surface area contributed by atoms with E-state index in [1.54, 1.807) is 7.11 Å². The number of ether oxygens (including phenoxy) is 2. The predicted octanol–water partition coefficient (Wildman–Crippen LogP) is 3.24. The van der Waals surface area contributed by atoms with Gasteiger partial charge in [-0.1, -0.05) is 11.8 Å². The van der Waals surface area contributed by atoms with E-state index in [4.69, 9.17) is 9.47 Å². The van der Waals surface area contributed by atoms with Crippen molar-refractivity contribution in [1.82, 2.24) is 14.6 Å². The Morgan fingerprint density at radius 2 is 2.08 bits per heavy atom. The fourth-order valence-electron chi connectivity index (χ4n) is 2.53. The Bertz CT molecular complexity index is 905. The van der Waals surface area contributed by atoms with Gasteiger partial charge in [-0.05, 0) is 50.6 Å². The largest absolute Gasteiger partial charge is 0.497 e. The Kier molecular flexibility index (Phi) is 4.62. The maximum Gasteiger partial charge on any atom is 0.316 e. The molecule has 1 aromatic carbocycles. The van der Waals surface area contributed by atoms with Crippen molar-refractivity contribution in [3.8, 4) is 5.75 Å². The molecule has 0 saturated carbocycles. The van der Waals surface area contributed by atoms with Crippen LogP contribution in [0.2, 0.25) is 0 Å². The molecule has 0 spiro atoms. The quantitative estimate of drug-likeness (QED) is 0.522. The molecule has 126 valence electrons. The number of fused-ring (bicyclic) bond motifs is 3. The van der Waals surface area contributed by atoms with E-state index in [1.165, 1.54) is 11.8 Å². The summed E-state index contributed by atoms with van der Waals surface area (Å²) >= 11 is 1.32. The molecule has 2 aromatic heterocycles. The number of carbonyl (C=O) groups is 1. The number of hydrogen-bond acceptors (Lipinski definition) is 6. The highest BCUT2D eigenvalue weighted by Gasteiger charge is 2.15. The number of esters is 1. The molecule has 0 saturated heterocycles. The van der Waals surface area contributed by atoms with Gasteiger partial charge in [0, 0.05) is 5.39 Å². The van der Waals surface area contributed by atoms with Crippen molar-refractivity contribution < 1.29 is 14.3 Å². The van der Waals surface area contributed by atoms with Gasteiger partial charge in [0.25, 0.3) is 0 Å². The highest BCUT2D eigenvalue weighted by molar-refractivity contribution is 7.99. The van der Waals surface area contributed by atoms with E-state index in [9.17, 15) is 4.79 Å². The van der Waals surface area contributed by atoms with Crippen molar-refractivity contribution in [3.05, 3.63) is 29.8 Å². The molecule has 3 aromatic rings. The van der Waals surface area contributed by atoms with Crippen molar-refractivity contribution in [2.45, 2.75) is 32.0 Å². The van der Waals surface area contributed by atoms with Crippen LogP contribution in [0.1, 0.15) is 19.4 Å². The van der Waals surface area contributed by atoms with Crippen molar-refractivity contribution >= 4 is 34.3 Å². The highest BCUT2D eigenvalue weighted by atomic mass is 32.2. The SMILES string of the molecule is COc1ccc2c(c1)cc(C)c1nnc(SCC(=O)OC(C)C)n12. The fraction of sp³-hybridized carbons (Fsp3) is 0.353. The molecule has 0 radical (unpaired) electrons. The first-order chi connectivity index (χ1) is 11.5. The Morgan fingerprint density at radius 1 is 1.29 bits per heavy atom. The normalized spacial score (nSPS) is 11.4. The average Bonchev–Trinajstić information content (AvgIpc) is 2.96. The smallest absolute Gasteiger partial charge is 0.316 e. The van der Waals surface area contributed by atoms with Crippen LogP contribution >= 0.6 is 11.8 Å². The van der Waals surface area contributed by atoms with Crippen LogP contribution in [0.15, 0.2) is 29.4 Å². The van der Waals surface area contributed by atoms with Gasteiger partial charge < -0.3 is 9.47 Å². The third kappa shape index (κ3) is 3.17. The van der Waals surface area contributed by atoms with Crippen LogP contribution < -0.4 is 4.74 Å². The van der Waals surface area contributed by atoms with Crippen LogP contribution in [0.3, 0.4) is 0 Å². The number of benzene rings is 1. The summed E-state index contributed by atoms with van der Waals surface area (Å²) in [5, 5.41) is 10.2. The topological polar surface area (TPSA) is 65.7 Å². The average molecular weight is 345 g/mol. The minimum absolute atomic E-state index is 0.121. The molecule has 0 aliphatic rings. The first kappa shape index (κ1) is 16.6. The van der Waals surface area contributed by atoms with Crippen LogP contribution in [-0.4, -0.2) is 39.5 Å². The summed E-state index contributed by atoms with van der Waals surface area (Å²) in [4.78, 5) is 11.8. The molecule has 3 rings (SSSR count). The minimum Gasteiger partial charge on any atom is -0.497 e. The molecular weight excluding hydrogens is 326 g/mol. The monoisotopic (exact) mass is 345 g/mol. The lowest BCUT2D eigenvalue weighted by atomic mass is 10.1. The van der Waals surface area contributed by atoms with Crippen LogP contribution in [0, 0.1) is 6.92 Å². The van der Waals surface area contributed by atoms with Gasteiger partial charge in [0.2, 0.25) is 0 Å². The molecule has 0 fully saturated rings. The second-order valence-corrected chi connectivity index (χ2v) is 6.66. The Hall–Kier alpha value is -2.28. The van der Waals surface area contributed by atoms with E-state index in [0.717, 1.165) is 27.9 Å². The molecule has 0 aliphatic heterocycles. The molecule has 0 N–H and O–H groups in total. The summed E-state index contributed by atoms with van der Waals surface area (Å²) in [5.41, 5.74) is 2.77. The first-order valence-electron chi connectivity index (χ1n) is 7.64. The number of nitrogens with zero attached hydrogens (tertiary/aromatic N) is 3. The van der Waals surface area contributed by atoms with Gasteiger partial charge in [-0.25, -0.2) is 0 Å². The lowest BCUT2D eigenvalue weighted by molar-refractivity contribution is -0.144. The summed E-state index contributed by atoms with van der Waals surface area (Å²) < 4.78 is 12.4. The van der Waals surface area contributed by atoms with Gasteiger partial charge in [0.1, 0.15) is 5.75 Å². The maximum atomic E-state index is 11.8. The summed E-state index contributed by atoms with van der Waals surface area (Å²) in [7, 11) is 1.65. The van der Waals surface area contributed by atoms with E-state index in [-0.39, 0.29) is 17.8 Å². The summed E-state index contributed by atoms with van der Waals surface area (Å²) in [5.74, 6) is 0.735. The van der Waals surface area contributed by atoms with Gasteiger partial charge in [0.15, 0.2) is 10.8 Å². The van der Waals surface area contributed by atoms with Crippen LogP contribution in [-0.2, 0) is 9.53 Å². The highest BCUT2D eigenvalue weighted by Crippen LogP contribution is 2.28. The molecular formula is C17H19N3O3S. The lowest BCUT2D eigenvalue weighted by Crippen LogP contribution is -2.13. The molecule has 0 amide bonds. The molecule has 0 bridgehead atoms. The zero-order chi connectivity index (χ0) is 17.3. The van der Waals surface area contributed by atoms with E-state index >= 15 is 0 Å². The van der Waals surface area contributed by atoms with Crippen LogP contribution in [0.4, 0.5) is 0 Å². The molecule has 7 heteroatoms. The number of rotatable bonds is 5. The molecule has 24 heavy (non-hydrogen) atoms. The molecule has 0 unspecified atom stereocenters. The number of aromatic nitrogens is 3. The van der Waals surface area contributed by atoms with Crippen molar-refractivity contribution in [2.24, 2.45) is 0 Å². The Balaban J connectivity index is 2.01. The standard InChI is InChI=1S/C17H19N3O3S/c1-10(2)23-15(21)9-24-17-19-18-16-11(3)7-12-8-13(22-4)5-6-14(12)20(16)17/h5-8,10H,9H2,1-4H3. The molecule has 2 heterocycles. The van der Waals surface area contributed by atoms with Gasteiger partial charge in [-0.15, -0.1) is 10.2 Å². The van der Waals surface area contributed by atoms with Gasteiger partial charge in [0.05, 0.1) is 24.5 Å². The number of hydrogen-bond donors (Lipinski definition) is 0. The van der Waals surface area contributed by atoms with Crippen molar-refractivity contribution in [2.75, 3.05) is 12.9 Å². The third-order valence-corrected chi connectivity index (χ3v) is 4.42. The minimum atomic E-state index is -0.259. The number of aryl methyl sites for hydroxylation is 1. The Morgan fingerprint density at radius 3 is 2.79 bits per heavy atom. The molecule has 0 aliphatic carbocycles. The lowest BCUT2D eigenvalue weighted by Gasteiger charge is -2.09. The number of pyridine rings is 1. The van der Waals surface area contributed by atoms with E-state index in [1.807, 2.05) is 43.4 Å². The number of thioether (sulfide) groups is 1. The van der Waals surface area contributed by atoms with Crippen molar-refractivity contribution in [1.29, 1.82) is 0 Å². The predicted molar refractivity (Wildman–Crippen MR) is 93.7 cm³/mol. The zero-order valence-corrected chi connectivity index (χ0v) is 14.9. The van der Waals surface area contributed by atoms with Crippen molar-refractivity contribution in [3.63, 3.8) is 0 Å². The van der Waals surface area contributed by atoms with E-state index in [2.05, 4.69) is 16.3 Å². The van der Waals surface area contributed by atoms with E-state index in [0.29, 0.717) is 5.16 Å². The zero-order valence-electron chi connectivity index (χ0n) is 14.1. The molecule has 0 atom stereocenters. The van der Waals surface area contributed by atoms with Crippen LogP contribution in [0.5, 0.6) is 5.75 Å². The second-order valence-electron chi connectivity index (χ2n) is 5.72. The second kappa shape index (κ2) is 6.68. The van der Waals surface area contributed by atoms with Gasteiger partial charge in [-0.3, -0.25) is 9.20 Å². The summed E-state index contributed by atoms with van der Waals surface area (Å²) in [6, 6.07) is 7.91. The third-order valence-electron chi connectivity index (χ3n) is 3.52.